The number of aromatic hydroxyl groups is 2. The molecule has 0 radical (unpaired) electrons. The third-order valence-electron chi connectivity index (χ3n) is 3.41. The van der Waals surface area contributed by atoms with Gasteiger partial charge in [0.2, 0.25) is 5.75 Å². The molecule has 0 saturated carbocycles. The van der Waals surface area contributed by atoms with Crippen molar-refractivity contribution in [3.8, 4) is 34.3 Å². The number of benzene rings is 1. The van der Waals surface area contributed by atoms with E-state index in [1.54, 1.807) is 0 Å². The monoisotopic (exact) mass is 379 g/mol. The van der Waals surface area contributed by atoms with Crippen LogP contribution in [-0.4, -0.2) is 35.1 Å². The van der Waals surface area contributed by atoms with Gasteiger partial charge in [-0.1, -0.05) is 0 Å². The van der Waals surface area contributed by atoms with Gasteiger partial charge in [-0.3, -0.25) is 15.1 Å². The first-order valence-electron chi connectivity index (χ1n) is 7.10. The molecule has 2 aromatic heterocycles. The summed E-state index contributed by atoms with van der Waals surface area (Å²) in [5, 5.41) is 30.1. The van der Waals surface area contributed by atoms with Crippen LogP contribution in [0.1, 0.15) is 5.69 Å². The zero-order valence-electron chi connectivity index (χ0n) is 13.0. The molecule has 0 atom stereocenters. The quantitative estimate of drug-likeness (QED) is 0.403. The third kappa shape index (κ3) is 3.58. The molecule has 0 aliphatic heterocycles. The minimum absolute atomic E-state index is 0.000482. The average molecular weight is 379 g/mol. The first kappa shape index (κ1) is 18.0. The molecule has 3 aromatic rings. The van der Waals surface area contributed by atoms with Gasteiger partial charge in [-0.25, -0.2) is 15.0 Å². The highest BCUT2D eigenvalue weighted by molar-refractivity contribution is 5.69. The van der Waals surface area contributed by atoms with E-state index in [1.807, 2.05) is 0 Å². The average Bonchev–Trinajstić information content (AvgIpc) is 2.63. The van der Waals surface area contributed by atoms with Crippen molar-refractivity contribution in [2.24, 2.45) is 0 Å². The molecule has 138 valence electrons. The highest BCUT2D eigenvalue weighted by Crippen LogP contribution is 2.38. The Bertz CT molecular complexity index is 1020. The maximum absolute atomic E-state index is 12.6. The number of nitro groups is 1. The Kier molecular flexibility index (Phi) is 4.31. The fourth-order valence-corrected chi connectivity index (χ4v) is 2.14. The molecule has 0 unspecified atom stereocenters. The highest BCUT2D eigenvalue weighted by Gasteiger charge is 2.32. The molecule has 2 heterocycles. The predicted molar refractivity (Wildman–Crippen MR) is 83.5 cm³/mol. The van der Waals surface area contributed by atoms with Crippen LogP contribution in [0.2, 0.25) is 0 Å². The smallest absolute Gasteiger partial charge is 0.433 e. The van der Waals surface area contributed by atoms with Crippen LogP contribution in [0.4, 0.5) is 18.9 Å². The summed E-state index contributed by atoms with van der Waals surface area (Å²) >= 11 is 0. The topological polar surface area (TPSA) is 135 Å². The van der Waals surface area contributed by atoms with Crippen LogP contribution in [0.15, 0.2) is 36.8 Å². The third-order valence-corrected chi connectivity index (χ3v) is 3.41. The number of alkyl halides is 3. The van der Waals surface area contributed by atoms with E-state index in [0.29, 0.717) is 0 Å². The Morgan fingerprint density at radius 1 is 1.00 bits per heavy atom. The van der Waals surface area contributed by atoms with Crippen molar-refractivity contribution < 1.29 is 28.3 Å². The Labute approximate surface area is 148 Å². The van der Waals surface area contributed by atoms with E-state index in [0.717, 1.165) is 36.8 Å². The molecule has 12 heteroatoms. The van der Waals surface area contributed by atoms with E-state index >= 15 is 0 Å². The standard InChI is InChI=1S/C15H8F3N5O4/c16-15(17,18)11-2-1-7(5-19-11)13-20-6-21-14(22-13)8-3-9(23(26)27)12(25)10(24)4-8/h1-6,24-25H. The van der Waals surface area contributed by atoms with Crippen LogP contribution in [0.25, 0.3) is 22.8 Å². The molecular weight excluding hydrogens is 371 g/mol. The van der Waals surface area contributed by atoms with Gasteiger partial charge in [0.25, 0.3) is 0 Å². The van der Waals surface area contributed by atoms with E-state index in [1.165, 1.54) is 0 Å². The lowest BCUT2D eigenvalue weighted by Crippen LogP contribution is -2.07. The van der Waals surface area contributed by atoms with Gasteiger partial charge in [-0.15, -0.1) is 0 Å². The Hall–Kier alpha value is -3.83. The van der Waals surface area contributed by atoms with E-state index in [2.05, 4.69) is 19.9 Å². The number of phenolic OH excluding ortho intramolecular Hbond substituents is 2. The molecule has 0 fully saturated rings. The normalized spacial score (nSPS) is 11.4. The van der Waals surface area contributed by atoms with Crippen molar-refractivity contribution in [1.82, 2.24) is 19.9 Å². The molecule has 0 amide bonds. The summed E-state index contributed by atoms with van der Waals surface area (Å²) in [5.41, 5.74) is -1.69. The minimum Gasteiger partial charge on any atom is -0.504 e. The van der Waals surface area contributed by atoms with E-state index in [9.17, 15) is 33.5 Å². The molecule has 0 bridgehead atoms. The zero-order valence-corrected chi connectivity index (χ0v) is 13.0. The Morgan fingerprint density at radius 3 is 2.22 bits per heavy atom. The summed E-state index contributed by atoms with van der Waals surface area (Å²) in [6.45, 7) is 0. The number of aromatic nitrogens is 4. The number of nitro benzene ring substituents is 1. The second kappa shape index (κ2) is 6.48. The van der Waals surface area contributed by atoms with Gasteiger partial charge in [0.15, 0.2) is 17.4 Å². The van der Waals surface area contributed by atoms with Crippen LogP contribution >= 0.6 is 0 Å². The highest BCUT2D eigenvalue weighted by atomic mass is 19.4. The summed E-state index contributed by atoms with van der Waals surface area (Å²) in [6.07, 6.45) is -2.62. The minimum atomic E-state index is -4.59. The number of hydrogen-bond donors (Lipinski definition) is 2. The molecular formula is C15H8F3N5O4. The van der Waals surface area contributed by atoms with Gasteiger partial charge in [0.1, 0.15) is 12.0 Å². The molecule has 2 N–H and O–H groups in total. The van der Waals surface area contributed by atoms with Crippen LogP contribution in [0.3, 0.4) is 0 Å². The number of pyridine rings is 1. The summed E-state index contributed by atoms with van der Waals surface area (Å²) in [7, 11) is 0. The molecule has 0 spiro atoms. The number of phenols is 2. The number of halogens is 3. The molecule has 1 aromatic carbocycles. The summed E-state index contributed by atoms with van der Waals surface area (Å²) < 4.78 is 37.7. The Morgan fingerprint density at radius 2 is 1.67 bits per heavy atom. The molecule has 0 aliphatic carbocycles. The van der Waals surface area contributed by atoms with Crippen molar-refractivity contribution >= 4 is 5.69 Å². The fraction of sp³-hybridized carbons (Fsp3) is 0.0667. The van der Waals surface area contributed by atoms with Gasteiger partial charge in [-0.2, -0.15) is 13.2 Å². The molecule has 0 saturated heterocycles. The van der Waals surface area contributed by atoms with Crippen LogP contribution in [0.5, 0.6) is 11.5 Å². The maximum Gasteiger partial charge on any atom is 0.433 e. The van der Waals surface area contributed by atoms with E-state index < -0.39 is 34.0 Å². The molecule has 27 heavy (non-hydrogen) atoms. The molecule has 3 rings (SSSR count). The lowest BCUT2D eigenvalue weighted by atomic mass is 10.1. The summed E-state index contributed by atoms with van der Waals surface area (Å²) in [5.74, 6) is -1.79. The summed E-state index contributed by atoms with van der Waals surface area (Å²) in [6, 6.07) is 3.83. The largest absolute Gasteiger partial charge is 0.504 e. The van der Waals surface area contributed by atoms with Gasteiger partial charge in [0, 0.05) is 23.4 Å². The van der Waals surface area contributed by atoms with Gasteiger partial charge in [0.05, 0.1) is 4.92 Å². The molecule has 0 aliphatic rings. The maximum atomic E-state index is 12.6. The number of nitrogens with zero attached hydrogens (tertiary/aromatic N) is 5. The first-order chi connectivity index (χ1) is 12.7. The second-order valence-electron chi connectivity index (χ2n) is 5.18. The van der Waals surface area contributed by atoms with Gasteiger partial charge in [-0.05, 0) is 18.2 Å². The van der Waals surface area contributed by atoms with Crippen molar-refractivity contribution in [2.45, 2.75) is 6.18 Å². The van der Waals surface area contributed by atoms with Crippen LogP contribution < -0.4 is 0 Å². The fourth-order valence-electron chi connectivity index (χ4n) is 2.14. The van der Waals surface area contributed by atoms with Crippen molar-refractivity contribution in [3.63, 3.8) is 0 Å². The number of rotatable bonds is 3. The lowest BCUT2D eigenvalue weighted by molar-refractivity contribution is -0.385. The lowest BCUT2D eigenvalue weighted by Gasteiger charge is -2.07. The SMILES string of the molecule is O=[N+]([O-])c1cc(-c2ncnc(-c3ccc(C(F)(F)F)nc3)n2)cc(O)c1O. The van der Waals surface area contributed by atoms with Crippen molar-refractivity contribution in [2.75, 3.05) is 0 Å². The predicted octanol–water partition coefficient (Wildman–Crippen LogP) is 2.94. The van der Waals surface area contributed by atoms with Crippen molar-refractivity contribution in [1.29, 1.82) is 0 Å². The number of hydrogen-bond acceptors (Lipinski definition) is 8. The molecule has 9 nitrogen and oxygen atoms in total. The Balaban J connectivity index is 2.03. The summed E-state index contributed by atoms with van der Waals surface area (Å²) in [4.78, 5) is 25.0. The van der Waals surface area contributed by atoms with E-state index in [4.69, 9.17) is 0 Å². The zero-order chi connectivity index (χ0) is 19.8. The van der Waals surface area contributed by atoms with Crippen LogP contribution in [-0.2, 0) is 6.18 Å². The van der Waals surface area contributed by atoms with Gasteiger partial charge < -0.3 is 10.2 Å². The van der Waals surface area contributed by atoms with Crippen LogP contribution in [0, 0.1) is 10.1 Å². The first-order valence-corrected chi connectivity index (χ1v) is 7.10. The van der Waals surface area contributed by atoms with E-state index in [-0.39, 0.29) is 22.8 Å². The second-order valence-corrected chi connectivity index (χ2v) is 5.18. The van der Waals surface area contributed by atoms with Gasteiger partial charge >= 0.3 is 11.9 Å². The van der Waals surface area contributed by atoms with Crippen molar-refractivity contribution in [3.05, 3.63) is 52.6 Å².